The van der Waals surface area contributed by atoms with Gasteiger partial charge in [0.15, 0.2) is 6.61 Å². The first kappa shape index (κ1) is 18.4. The molecule has 7 heteroatoms. The summed E-state index contributed by atoms with van der Waals surface area (Å²) in [6, 6.07) is 12.6. The molecule has 0 bridgehead atoms. The van der Waals surface area contributed by atoms with Gasteiger partial charge in [0.2, 0.25) is 0 Å². The molecule has 140 valence electrons. The van der Waals surface area contributed by atoms with E-state index in [4.69, 9.17) is 13.9 Å². The Labute approximate surface area is 154 Å². The Hall–Kier alpha value is -3.35. The van der Waals surface area contributed by atoms with Crippen molar-refractivity contribution in [1.82, 2.24) is 5.32 Å². The summed E-state index contributed by atoms with van der Waals surface area (Å²) in [4.78, 5) is 24.0. The van der Waals surface area contributed by atoms with Crippen molar-refractivity contribution in [2.45, 2.75) is 13.0 Å². The van der Waals surface area contributed by atoms with Crippen molar-refractivity contribution in [1.29, 1.82) is 0 Å². The van der Waals surface area contributed by atoms with Crippen molar-refractivity contribution in [3.63, 3.8) is 0 Å². The van der Waals surface area contributed by atoms with Crippen LogP contribution in [0.5, 0.6) is 5.75 Å². The number of carbonyl (C=O) groups is 2. The van der Waals surface area contributed by atoms with Crippen LogP contribution >= 0.6 is 0 Å². The fourth-order valence-corrected chi connectivity index (χ4v) is 2.57. The molecule has 0 spiro atoms. The molecule has 1 aromatic heterocycles. The van der Waals surface area contributed by atoms with Crippen LogP contribution in [0.15, 0.2) is 52.9 Å². The molecule has 0 radical (unpaired) electrons. The molecule has 3 aromatic rings. The van der Waals surface area contributed by atoms with Gasteiger partial charge in [-0.05, 0) is 31.2 Å². The molecule has 0 fully saturated rings. The van der Waals surface area contributed by atoms with Crippen molar-refractivity contribution in [3.05, 3.63) is 65.7 Å². The minimum Gasteiger partial charge on any atom is -0.497 e. The molecule has 0 unspecified atom stereocenters. The summed E-state index contributed by atoms with van der Waals surface area (Å²) in [6.07, 6.45) is 0. The fourth-order valence-electron chi connectivity index (χ4n) is 2.57. The van der Waals surface area contributed by atoms with Crippen LogP contribution in [0, 0.1) is 5.82 Å². The molecular formula is C20H18FNO5. The number of esters is 1. The van der Waals surface area contributed by atoms with Gasteiger partial charge in [-0.15, -0.1) is 0 Å². The van der Waals surface area contributed by atoms with Gasteiger partial charge in [-0.1, -0.05) is 18.2 Å². The zero-order chi connectivity index (χ0) is 19.4. The SMILES string of the molecule is COc1ccc(C(=O)OCC(=O)N[C@@H](C)c2cc3ccccc3o2)c(F)c1. The summed E-state index contributed by atoms with van der Waals surface area (Å²) >= 11 is 0. The Morgan fingerprint density at radius 1 is 1.19 bits per heavy atom. The number of hydrogen-bond donors (Lipinski definition) is 1. The largest absolute Gasteiger partial charge is 0.497 e. The second kappa shape index (κ2) is 7.90. The zero-order valence-electron chi connectivity index (χ0n) is 14.8. The highest BCUT2D eigenvalue weighted by atomic mass is 19.1. The second-order valence-electron chi connectivity index (χ2n) is 5.90. The van der Waals surface area contributed by atoms with Crippen LogP contribution in [0.1, 0.15) is 29.1 Å². The molecule has 1 heterocycles. The minimum absolute atomic E-state index is 0.270. The summed E-state index contributed by atoms with van der Waals surface area (Å²) < 4.78 is 29.3. The number of rotatable bonds is 6. The number of amides is 1. The van der Waals surface area contributed by atoms with E-state index >= 15 is 0 Å². The van der Waals surface area contributed by atoms with E-state index in [1.54, 1.807) is 6.92 Å². The first-order valence-electron chi connectivity index (χ1n) is 8.26. The maximum atomic E-state index is 13.9. The highest BCUT2D eigenvalue weighted by Gasteiger charge is 2.18. The van der Waals surface area contributed by atoms with Crippen LogP contribution in [0.2, 0.25) is 0 Å². The van der Waals surface area contributed by atoms with Crippen LogP contribution in [0.25, 0.3) is 11.0 Å². The van der Waals surface area contributed by atoms with E-state index in [9.17, 15) is 14.0 Å². The van der Waals surface area contributed by atoms with E-state index in [2.05, 4.69) is 5.32 Å². The average Bonchev–Trinajstić information content (AvgIpc) is 3.10. The third-order valence-electron chi connectivity index (χ3n) is 3.98. The van der Waals surface area contributed by atoms with Crippen molar-refractivity contribution in [2.75, 3.05) is 13.7 Å². The molecular weight excluding hydrogens is 353 g/mol. The number of methoxy groups -OCH3 is 1. The topological polar surface area (TPSA) is 77.8 Å². The van der Waals surface area contributed by atoms with Crippen molar-refractivity contribution in [2.24, 2.45) is 0 Å². The predicted octanol–water partition coefficient (Wildman–Crippen LogP) is 3.61. The van der Waals surface area contributed by atoms with Crippen LogP contribution in [0.4, 0.5) is 4.39 Å². The van der Waals surface area contributed by atoms with Gasteiger partial charge in [-0.3, -0.25) is 4.79 Å². The molecule has 2 aromatic carbocycles. The van der Waals surface area contributed by atoms with Gasteiger partial charge in [-0.25, -0.2) is 9.18 Å². The average molecular weight is 371 g/mol. The first-order chi connectivity index (χ1) is 13.0. The molecule has 6 nitrogen and oxygen atoms in total. The lowest BCUT2D eigenvalue weighted by molar-refractivity contribution is -0.125. The first-order valence-corrected chi connectivity index (χ1v) is 8.26. The van der Waals surface area contributed by atoms with Gasteiger partial charge in [0.25, 0.3) is 5.91 Å². The summed E-state index contributed by atoms with van der Waals surface area (Å²) in [6.45, 7) is 1.22. The number of furan rings is 1. The molecule has 1 atom stereocenters. The lowest BCUT2D eigenvalue weighted by Crippen LogP contribution is -2.31. The quantitative estimate of drug-likeness (QED) is 0.670. The van der Waals surface area contributed by atoms with Gasteiger partial charge in [0, 0.05) is 11.5 Å². The number of hydrogen-bond acceptors (Lipinski definition) is 5. The number of fused-ring (bicyclic) bond motifs is 1. The molecule has 1 amide bonds. The van der Waals surface area contributed by atoms with E-state index < -0.39 is 30.3 Å². The lowest BCUT2D eigenvalue weighted by atomic mass is 10.2. The van der Waals surface area contributed by atoms with E-state index in [1.165, 1.54) is 19.2 Å². The van der Waals surface area contributed by atoms with Crippen LogP contribution in [0.3, 0.4) is 0 Å². The number of ether oxygens (including phenoxy) is 2. The van der Waals surface area contributed by atoms with E-state index in [0.717, 1.165) is 17.0 Å². The molecule has 27 heavy (non-hydrogen) atoms. The highest BCUT2D eigenvalue weighted by molar-refractivity contribution is 5.91. The number of halogens is 1. The van der Waals surface area contributed by atoms with Crippen molar-refractivity contribution in [3.8, 4) is 5.75 Å². The Morgan fingerprint density at radius 3 is 2.67 bits per heavy atom. The summed E-state index contributed by atoms with van der Waals surface area (Å²) in [5.74, 6) is -1.37. The molecule has 0 aliphatic heterocycles. The van der Waals surface area contributed by atoms with Crippen LogP contribution in [-0.2, 0) is 9.53 Å². The Morgan fingerprint density at radius 2 is 1.96 bits per heavy atom. The molecule has 0 aliphatic carbocycles. The standard InChI is InChI=1S/C20H18FNO5/c1-12(18-9-13-5-3-4-6-17(13)27-18)22-19(23)11-26-20(24)15-8-7-14(25-2)10-16(15)21/h3-10,12H,11H2,1-2H3,(H,22,23)/t12-/m0/s1. The van der Waals surface area contributed by atoms with E-state index in [0.29, 0.717) is 5.76 Å². The van der Waals surface area contributed by atoms with E-state index in [1.807, 2.05) is 30.3 Å². The van der Waals surface area contributed by atoms with Crippen molar-refractivity contribution >= 4 is 22.8 Å². The van der Waals surface area contributed by atoms with Crippen molar-refractivity contribution < 1.29 is 27.9 Å². The summed E-state index contributed by atoms with van der Waals surface area (Å²) in [7, 11) is 1.39. The number of carbonyl (C=O) groups excluding carboxylic acids is 2. The molecule has 0 saturated carbocycles. The Balaban J connectivity index is 1.56. The maximum absolute atomic E-state index is 13.9. The maximum Gasteiger partial charge on any atom is 0.341 e. The van der Waals surface area contributed by atoms with Crippen LogP contribution in [-0.4, -0.2) is 25.6 Å². The van der Waals surface area contributed by atoms with Crippen LogP contribution < -0.4 is 10.1 Å². The molecule has 3 rings (SSSR count). The van der Waals surface area contributed by atoms with Gasteiger partial charge in [-0.2, -0.15) is 0 Å². The van der Waals surface area contributed by atoms with Gasteiger partial charge in [0.05, 0.1) is 18.7 Å². The van der Waals surface area contributed by atoms with Gasteiger partial charge >= 0.3 is 5.97 Å². The zero-order valence-corrected chi connectivity index (χ0v) is 14.8. The van der Waals surface area contributed by atoms with Gasteiger partial charge in [0.1, 0.15) is 22.9 Å². The molecule has 1 N–H and O–H groups in total. The van der Waals surface area contributed by atoms with E-state index in [-0.39, 0.29) is 11.3 Å². The normalized spacial score (nSPS) is 11.8. The number of benzene rings is 2. The molecule has 0 aliphatic rings. The number of nitrogens with one attached hydrogen (secondary N) is 1. The summed E-state index contributed by atoms with van der Waals surface area (Å²) in [5, 5.41) is 3.60. The third-order valence-corrected chi connectivity index (χ3v) is 3.98. The van der Waals surface area contributed by atoms with Gasteiger partial charge < -0.3 is 19.2 Å². The fraction of sp³-hybridized carbons (Fsp3) is 0.200. The molecule has 0 saturated heterocycles. The Kier molecular flexibility index (Phi) is 5.40. The third kappa shape index (κ3) is 4.25. The smallest absolute Gasteiger partial charge is 0.341 e. The minimum atomic E-state index is -0.929. The second-order valence-corrected chi connectivity index (χ2v) is 5.90. The highest BCUT2D eigenvalue weighted by Crippen LogP contribution is 2.23. The predicted molar refractivity (Wildman–Crippen MR) is 96.0 cm³/mol. The Bertz CT molecular complexity index is 948. The summed E-state index contributed by atoms with van der Waals surface area (Å²) in [5.41, 5.74) is 0.448. The monoisotopic (exact) mass is 371 g/mol. The lowest BCUT2D eigenvalue weighted by Gasteiger charge is -2.12. The number of para-hydroxylation sites is 1.